The van der Waals surface area contributed by atoms with Crippen LogP contribution in [-0.2, 0) is 20.9 Å². The van der Waals surface area contributed by atoms with Gasteiger partial charge < -0.3 is 19.5 Å². The Labute approximate surface area is 135 Å². The summed E-state index contributed by atoms with van der Waals surface area (Å²) < 4.78 is 7.16. The van der Waals surface area contributed by atoms with E-state index in [-0.39, 0.29) is 17.7 Å². The van der Waals surface area contributed by atoms with Crippen molar-refractivity contribution in [1.29, 1.82) is 0 Å². The van der Waals surface area contributed by atoms with Crippen molar-refractivity contribution in [3.8, 4) is 0 Å². The number of amides is 2. The SMILES string of the molecule is CN(C)C(=O)Cn1ccc2cc(NC(=O)C3CCOC3)ccc21. The molecule has 2 heterocycles. The molecule has 1 unspecified atom stereocenters. The minimum Gasteiger partial charge on any atom is -0.381 e. The van der Waals surface area contributed by atoms with Crippen LogP contribution in [0.5, 0.6) is 0 Å². The van der Waals surface area contributed by atoms with E-state index >= 15 is 0 Å². The van der Waals surface area contributed by atoms with E-state index in [2.05, 4.69) is 5.32 Å². The Kier molecular flexibility index (Phi) is 4.34. The predicted molar refractivity (Wildman–Crippen MR) is 88.2 cm³/mol. The van der Waals surface area contributed by atoms with Crippen LogP contribution < -0.4 is 5.32 Å². The van der Waals surface area contributed by atoms with Gasteiger partial charge in [0, 0.05) is 43.5 Å². The summed E-state index contributed by atoms with van der Waals surface area (Å²) in [5.74, 6) is -0.0156. The fourth-order valence-electron chi connectivity index (χ4n) is 2.69. The molecule has 1 atom stereocenters. The molecule has 0 saturated carbocycles. The van der Waals surface area contributed by atoms with Gasteiger partial charge in [0.15, 0.2) is 0 Å². The maximum absolute atomic E-state index is 12.1. The molecule has 122 valence electrons. The number of hydrogen-bond donors (Lipinski definition) is 1. The van der Waals surface area contributed by atoms with Gasteiger partial charge in [0.1, 0.15) is 6.54 Å². The van der Waals surface area contributed by atoms with E-state index in [0.717, 1.165) is 23.0 Å². The first-order chi connectivity index (χ1) is 11.0. The van der Waals surface area contributed by atoms with Crippen LogP contribution in [0.3, 0.4) is 0 Å². The van der Waals surface area contributed by atoms with Gasteiger partial charge in [0.25, 0.3) is 0 Å². The number of nitrogens with one attached hydrogen (secondary N) is 1. The first-order valence-electron chi connectivity index (χ1n) is 7.72. The first kappa shape index (κ1) is 15.6. The van der Waals surface area contributed by atoms with Gasteiger partial charge in [-0.15, -0.1) is 0 Å². The average Bonchev–Trinajstić information content (AvgIpc) is 3.17. The van der Waals surface area contributed by atoms with Crippen LogP contribution in [0.1, 0.15) is 6.42 Å². The number of ether oxygens (including phenoxy) is 1. The molecule has 23 heavy (non-hydrogen) atoms. The summed E-state index contributed by atoms with van der Waals surface area (Å²) in [4.78, 5) is 25.6. The van der Waals surface area contributed by atoms with Gasteiger partial charge >= 0.3 is 0 Å². The molecule has 1 aromatic heterocycles. The number of carbonyl (C=O) groups is 2. The van der Waals surface area contributed by atoms with Crippen LogP contribution in [0.25, 0.3) is 10.9 Å². The van der Waals surface area contributed by atoms with Crippen LogP contribution in [-0.4, -0.2) is 48.6 Å². The third kappa shape index (κ3) is 3.37. The van der Waals surface area contributed by atoms with E-state index < -0.39 is 0 Å². The third-order valence-corrected chi connectivity index (χ3v) is 4.14. The fraction of sp³-hybridized carbons (Fsp3) is 0.412. The molecule has 2 aromatic rings. The first-order valence-corrected chi connectivity index (χ1v) is 7.72. The minimum absolute atomic E-state index is 0.00377. The quantitative estimate of drug-likeness (QED) is 0.934. The van der Waals surface area contributed by atoms with Gasteiger partial charge in [-0.3, -0.25) is 9.59 Å². The summed E-state index contributed by atoms with van der Waals surface area (Å²) in [6, 6.07) is 7.68. The Balaban J connectivity index is 1.75. The second-order valence-corrected chi connectivity index (χ2v) is 6.06. The smallest absolute Gasteiger partial charge is 0.241 e. The van der Waals surface area contributed by atoms with Crippen LogP contribution in [0.4, 0.5) is 5.69 Å². The van der Waals surface area contributed by atoms with Crippen molar-refractivity contribution in [2.75, 3.05) is 32.6 Å². The summed E-state index contributed by atoms with van der Waals surface area (Å²) in [5, 5.41) is 3.94. The van der Waals surface area contributed by atoms with Crippen molar-refractivity contribution in [3.05, 3.63) is 30.5 Å². The van der Waals surface area contributed by atoms with Crippen LogP contribution in [0.15, 0.2) is 30.5 Å². The predicted octanol–water partition coefficient (Wildman–Crippen LogP) is 1.70. The Morgan fingerprint density at radius 1 is 1.35 bits per heavy atom. The largest absolute Gasteiger partial charge is 0.381 e. The summed E-state index contributed by atoms with van der Waals surface area (Å²) in [6.07, 6.45) is 2.67. The molecule has 3 rings (SSSR count). The van der Waals surface area contributed by atoms with Gasteiger partial charge in [0.05, 0.1) is 12.5 Å². The molecular weight excluding hydrogens is 294 g/mol. The highest BCUT2D eigenvalue weighted by Gasteiger charge is 2.23. The molecule has 0 bridgehead atoms. The maximum atomic E-state index is 12.1. The van der Waals surface area contributed by atoms with Crippen LogP contribution in [0.2, 0.25) is 0 Å². The van der Waals surface area contributed by atoms with Crippen molar-refractivity contribution in [2.45, 2.75) is 13.0 Å². The maximum Gasteiger partial charge on any atom is 0.241 e. The van der Waals surface area contributed by atoms with Gasteiger partial charge in [0.2, 0.25) is 11.8 Å². The molecule has 6 heteroatoms. The lowest BCUT2D eigenvalue weighted by Crippen LogP contribution is -2.25. The Hall–Kier alpha value is -2.34. The van der Waals surface area contributed by atoms with E-state index in [1.54, 1.807) is 19.0 Å². The number of carbonyl (C=O) groups excluding carboxylic acids is 2. The molecule has 0 spiro atoms. The Bertz CT molecular complexity index is 730. The van der Waals surface area contributed by atoms with E-state index in [1.807, 2.05) is 35.0 Å². The molecule has 6 nitrogen and oxygen atoms in total. The number of aromatic nitrogens is 1. The summed E-state index contributed by atoms with van der Waals surface area (Å²) >= 11 is 0. The van der Waals surface area contributed by atoms with Crippen molar-refractivity contribution in [1.82, 2.24) is 9.47 Å². The lowest BCUT2D eigenvalue weighted by atomic mass is 10.1. The third-order valence-electron chi connectivity index (χ3n) is 4.14. The van der Waals surface area contributed by atoms with E-state index in [9.17, 15) is 9.59 Å². The molecule has 1 aliphatic rings. The van der Waals surface area contributed by atoms with Gasteiger partial charge in [-0.25, -0.2) is 0 Å². The van der Waals surface area contributed by atoms with Crippen molar-refractivity contribution in [2.24, 2.45) is 5.92 Å². The molecular formula is C17H21N3O3. The molecule has 0 aliphatic carbocycles. The second kappa shape index (κ2) is 6.42. The normalized spacial score (nSPS) is 17.4. The molecule has 1 aliphatic heterocycles. The van der Waals surface area contributed by atoms with E-state index in [4.69, 9.17) is 4.74 Å². The number of rotatable bonds is 4. The van der Waals surface area contributed by atoms with Gasteiger partial charge in [-0.1, -0.05) is 0 Å². The molecule has 1 saturated heterocycles. The van der Waals surface area contributed by atoms with Crippen molar-refractivity contribution < 1.29 is 14.3 Å². The summed E-state index contributed by atoms with van der Waals surface area (Å²) in [5.41, 5.74) is 1.74. The number of hydrogen-bond acceptors (Lipinski definition) is 3. The van der Waals surface area contributed by atoms with Crippen molar-refractivity contribution >= 4 is 28.4 Å². The highest BCUT2D eigenvalue weighted by molar-refractivity contribution is 5.95. The monoisotopic (exact) mass is 315 g/mol. The molecule has 1 fully saturated rings. The number of likely N-dealkylation sites (N-methyl/N-ethyl adjacent to an activating group) is 1. The fourth-order valence-corrected chi connectivity index (χ4v) is 2.69. The van der Waals surface area contributed by atoms with Gasteiger partial charge in [-0.2, -0.15) is 0 Å². The Morgan fingerprint density at radius 2 is 2.17 bits per heavy atom. The lowest BCUT2D eigenvalue weighted by molar-refractivity contribution is -0.129. The van der Waals surface area contributed by atoms with Gasteiger partial charge in [-0.05, 0) is 30.7 Å². The zero-order chi connectivity index (χ0) is 16.4. The average molecular weight is 315 g/mol. The highest BCUT2D eigenvalue weighted by Crippen LogP contribution is 2.22. The van der Waals surface area contributed by atoms with E-state index in [1.165, 1.54) is 0 Å². The molecule has 0 radical (unpaired) electrons. The van der Waals surface area contributed by atoms with Crippen LogP contribution >= 0.6 is 0 Å². The minimum atomic E-state index is -0.0620. The number of fused-ring (bicyclic) bond motifs is 1. The zero-order valence-electron chi connectivity index (χ0n) is 13.4. The second-order valence-electron chi connectivity index (χ2n) is 6.06. The van der Waals surface area contributed by atoms with E-state index in [0.29, 0.717) is 19.8 Å². The topological polar surface area (TPSA) is 63.6 Å². The van der Waals surface area contributed by atoms with Crippen molar-refractivity contribution in [3.63, 3.8) is 0 Å². The molecule has 2 amide bonds. The number of benzene rings is 1. The highest BCUT2D eigenvalue weighted by atomic mass is 16.5. The summed E-state index contributed by atoms with van der Waals surface area (Å²) in [6.45, 7) is 1.46. The lowest BCUT2D eigenvalue weighted by Gasteiger charge is -2.12. The summed E-state index contributed by atoms with van der Waals surface area (Å²) in [7, 11) is 3.49. The molecule has 1 aromatic carbocycles. The molecule has 1 N–H and O–H groups in total. The Morgan fingerprint density at radius 3 is 2.87 bits per heavy atom. The standard InChI is InChI=1S/C17H21N3O3/c1-19(2)16(21)10-20-7-5-12-9-14(3-4-15(12)20)18-17(22)13-6-8-23-11-13/h3-5,7,9,13H,6,8,10-11H2,1-2H3,(H,18,22). The zero-order valence-corrected chi connectivity index (χ0v) is 13.4. The van der Waals surface area contributed by atoms with Crippen LogP contribution in [0, 0.1) is 5.92 Å². The number of anilines is 1. The number of nitrogens with zero attached hydrogens (tertiary/aromatic N) is 2.